The fourth-order valence-corrected chi connectivity index (χ4v) is 9.50. The maximum absolute atomic E-state index is 2.58. The highest BCUT2D eigenvalue weighted by Gasteiger charge is 2.43. The molecule has 230 valence electrons. The fourth-order valence-electron chi connectivity index (χ4n) is 9.50. The summed E-state index contributed by atoms with van der Waals surface area (Å²) in [4.78, 5) is 0. The first-order valence-electron chi connectivity index (χ1n) is 17.5. The molecule has 0 spiro atoms. The predicted octanol–water partition coefficient (Wildman–Crippen LogP) is 12.9. The molecule has 0 atom stereocenters. The second-order valence-electron chi connectivity index (χ2n) is 15.2. The average molecular weight is 607 g/mol. The Hall–Kier alpha value is -4.68. The van der Waals surface area contributed by atoms with Crippen LogP contribution in [0.15, 0.2) is 121 Å². The molecule has 0 radical (unpaired) electrons. The second kappa shape index (κ2) is 9.68. The molecule has 0 aliphatic heterocycles. The molecule has 0 N–H and O–H groups in total. The Morgan fingerprint density at radius 2 is 0.957 bits per heavy atom. The van der Waals surface area contributed by atoms with E-state index < -0.39 is 0 Å². The van der Waals surface area contributed by atoms with Gasteiger partial charge in [0.1, 0.15) is 0 Å². The predicted molar refractivity (Wildman–Crippen MR) is 202 cm³/mol. The normalized spacial score (nSPS) is 15.5. The van der Waals surface area contributed by atoms with E-state index in [1.807, 2.05) is 0 Å². The molecular formula is C47H42. The lowest BCUT2D eigenvalue weighted by atomic mass is 9.69. The molecule has 0 nitrogen and oxygen atoms in total. The van der Waals surface area contributed by atoms with Gasteiger partial charge in [0.15, 0.2) is 0 Å². The van der Waals surface area contributed by atoms with Gasteiger partial charge in [0, 0.05) is 16.2 Å². The van der Waals surface area contributed by atoms with E-state index in [2.05, 4.69) is 163 Å². The number of hydrogen-bond donors (Lipinski definition) is 0. The van der Waals surface area contributed by atoms with E-state index in [-0.39, 0.29) is 16.2 Å². The van der Waals surface area contributed by atoms with E-state index in [0.29, 0.717) is 0 Å². The molecule has 7 aromatic rings. The van der Waals surface area contributed by atoms with Gasteiger partial charge in [-0.15, -0.1) is 0 Å². The van der Waals surface area contributed by atoms with Gasteiger partial charge in [-0.2, -0.15) is 0 Å². The van der Waals surface area contributed by atoms with E-state index in [1.165, 1.54) is 88.0 Å². The van der Waals surface area contributed by atoms with Crippen LogP contribution < -0.4 is 0 Å². The van der Waals surface area contributed by atoms with Gasteiger partial charge in [-0.05, 0) is 125 Å². The molecule has 0 amide bonds. The van der Waals surface area contributed by atoms with Crippen molar-refractivity contribution in [2.45, 2.75) is 70.6 Å². The van der Waals surface area contributed by atoms with Crippen molar-refractivity contribution < 1.29 is 0 Å². The number of hydrogen-bond acceptors (Lipinski definition) is 0. The van der Waals surface area contributed by atoms with Crippen LogP contribution in [-0.2, 0) is 16.2 Å². The van der Waals surface area contributed by atoms with E-state index >= 15 is 0 Å². The highest BCUT2D eigenvalue weighted by molar-refractivity contribution is 6.04. The molecule has 7 aromatic carbocycles. The Morgan fingerprint density at radius 3 is 1.70 bits per heavy atom. The third kappa shape index (κ3) is 3.76. The zero-order chi connectivity index (χ0) is 32.3. The van der Waals surface area contributed by atoms with Crippen LogP contribution in [0.4, 0.5) is 0 Å². The highest BCUT2D eigenvalue weighted by Crippen LogP contribution is 2.58. The van der Waals surface area contributed by atoms with Crippen LogP contribution in [0.2, 0.25) is 0 Å². The maximum atomic E-state index is 2.58. The summed E-state index contributed by atoms with van der Waals surface area (Å²) < 4.78 is 0. The van der Waals surface area contributed by atoms with Crippen LogP contribution >= 0.6 is 0 Å². The van der Waals surface area contributed by atoms with Gasteiger partial charge < -0.3 is 0 Å². The van der Waals surface area contributed by atoms with E-state index in [0.717, 1.165) is 12.8 Å². The lowest BCUT2D eigenvalue weighted by Gasteiger charge is -2.35. The molecular weight excluding hydrogens is 565 g/mol. The third-order valence-electron chi connectivity index (χ3n) is 12.4. The van der Waals surface area contributed by atoms with Crippen molar-refractivity contribution in [1.29, 1.82) is 0 Å². The smallest absolute Gasteiger partial charge is 0.0198 e. The summed E-state index contributed by atoms with van der Waals surface area (Å²) in [5, 5.41) is 7.93. The van der Waals surface area contributed by atoms with Crippen LogP contribution in [0, 0.1) is 0 Å². The highest BCUT2D eigenvalue weighted by atomic mass is 14.5. The molecule has 0 heteroatoms. The van der Waals surface area contributed by atoms with Crippen LogP contribution in [0.1, 0.15) is 87.8 Å². The zero-order valence-electron chi connectivity index (χ0n) is 28.5. The molecule has 0 heterocycles. The Labute approximate surface area is 279 Å². The Balaban J connectivity index is 1.20. The Morgan fingerprint density at radius 1 is 0.426 bits per heavy atom. The summed E-state index contributed by atoms with van der Waals surface area (Å²) in [6, 6.07) is 46.8. The van der Waals surface area contributed by atoms with Crippen molar-refractivity contribution in [3.05, 3.63) is 155 Å². The maximum Gasteiger partial charge on any atom is 0.0198 e. The summed E-state index contributed by atoms with van der Waals surface area (Å²) >= 11 is 0. The Kier molecular flexibility index (Phi) is 5.87. The van der Waals surface area contributed by atoms with E-state index in [1.54, 1.807) is 0 Å². The van der Waals surface area contributed by atoms with Gasteiger partial charge in [-0.3, -0.25) is 0 Å². The topological polar surface area (TPSA) is 0 Å². The molecule has 9 rings (SSSR count). The van der Waals surface area contributed by atoms with Crippen LogP contribution in [-0.4, -0.2) is 0 Å². The van der Waals surface area contributed by atoms with Crippen molar-refractivity contribution >= 4 is 32.3 Å². The molecule has 0 fully saturated rings. The third-order valence-corrected chi connectivity index (χ3v) is 12.4. The van der Waals surface area contributed by atoms with Crippen LogP contribution in [0.3, 0.4) is 0 Å². The van der Waals surface area contributed by atoms with Crippen molar-refractivity contribution in [2.24, 2.45) is 0 Å². The molecule has 0 aromatic heterocycles. The quantitative estimate of drug-likeness (QED) is 0.175. The second-order valence-corrected chi connectivity index (χ2v) is 15.2. The number of benzene rings is 7. The molecule has 0 unspecified atom stereocenters. The summed E-state index contributed by atoms with van der Waals surface area (Å²) in [5.74, 6) is 0. The Bertz CT molecular complexity index is 2430. The van der Waals surface area contributed by atoms with Crippen molar-refractivity contribution in [3.8, 4) is 22.3 Å². The summed E-state index contributed by atoms with van der Waals surface area (Å²) in [6.07, 6.45) is 2.11. The lowest BCUT2D eigenvalue weighted by Crippen LogP contribution is -2.27. The molecule has 2 aliphatic rings. The molecule has 0 saturated carbocycles. The molecule has 47 heavy (non-hydrogen) atoms. The molecule has 0 saturated heterocycles. The minimum atomic E-state index is -0.0945. The first-order chi connectivity index (χ1) is 22.7. The fraction of sp³-hybridized carbons (Fsp3) is 0.234. The minimum Gasteiger partial charge on any atom is -0.0642 e. The van der Waals surface area contributed by atoms with Gasteiger partial charge in [0.25, 0.3) is 0 Å². The first-order valence-corrected chi connectivity index (χ1v) is 17.5. The lowest BCUT2D eigenvalue weighted by molar-refractivity contribution is 0.477. The van der Waals surface area contributed by atoms with Crippen molar-refractivity contribution in [3.63, 3.8) is 0 Å². The van der Waals surface area contributed by atoms with Gasteiger partial charge in [-0.25, -0.2) is 0 Å². The zero-order valence-corrected chi connectivity index (χ0v) is 28.5. The van der Waals surface area contributed by atoms with E-state index in [9.17, 15) is 0 Å². The van der Waals surface area contributed by atoms with Crippen LogP contribution in [0.25, 0.3) is 54.6 Å². The van der Waals surface area contributed by atoms with Crippen LogP contribution in [0.5, 0.6) is 0 Å². The van der Waals surface area contributed by atoms with Gasteiger partial charge >= 0.3 is 0 Å². The minimum absolute atomic E-state index is 0.0441. The number of fused-ring (bicyclic) bond motifs is 10. The van der Waals surface area contributed by atoms with Gasteiger partial charge in [-0.1, -0.05) is 139 Å². The first kappa shape index (κ1) is 28.5. The number of rotatable bonds is 4. The van der Waals surface area contributed by atoms with Crippen molar-refractivity contribution in [2.75, 3.05) is 0 Å². The summed E-state index contributed by atoms with van der Waals surface area (Å²) in [6.45, 7) is 14.4. The summed E-state index contributed by atoms with van der Waals surface area (Å²) in [5.41, 5.74) is 14.1. The standard InChI is InChI=1S/C47H42/c1-7-47(8-2,34-19-17-32-23-30-14-9-10-15-31(30)24-33(32)25-34)35-20-21-37-38-27-43-39(28-42(38)46(5,6)41(37)26-35)44-36-16-12-11-13-29(36)18-22-40(44)45(43,3)4/h9-28H,7-8H2,1-6H3. The average Bonchev–Trinajstić information content (AvgIpc) is 3.46. The van der Waals surface area contributed by atoms with E-state index in [4.69, 9.17) is 0 Å². The monoisotopic (exact) mass is 606 g/mol. The molecule has 2 aliphatic carbocycles. The SMILES string of the molecule is CCC(CC)(c1ccc2c(c1)C(C)(C)c1cc3c(cc1-2)C(C)(C)c1ccc2ccccc2c1-3)c1ccc2cc3ccccc3cc2c1. The summed E-state index contributed by atoms with van der Waals surface area (Å²) in [7, 11) is 0. The van der Waals surface area contributed by atoms with Crippen molar-refractivity contribution in [1.82, 2.24) is 0 Å². The van der Waals surface area contributed by atoms with Gasteiger partial charge in [0.05, 0.1) is 0 Å². The van der Waals surface area contributed by atoms with Gasteiger partial charge in [0.2, 0.25) is 0 Å². The largest absolute Gasteiger partial charge is 0.0642 e. The molecule has 0 bridgehead atoms.